The summed E-state index contributed by atoms with van der Waals surface area (Å²) < 4.78 is 69.4. The summed E-state index contributed by atoms with van der Waals surface area (Å²) >= 11 is 2.03. The maximum atomic E-state index is 15.5. The number of pyridine rings is 1. The SMILES string of the molecule is C=CC(=O)N1[C@H](C)CN(c2nc(=O)n3c4c(c(-c5ccc(F)c6sc(NC)c(C#N)c56)c(C(F)(F)F)cc24)SCC(Oc2ccncc2)C3)C[C@@H]1C. The minimum Gasteiger partial charge on any atom is -0.488 e. The molecule has 1 fully saturated rings. The fraction of sp³-hybridized carbons (Fsp3) is 0.306. The molecular formula is C36H31F4N7O3S2. The molecule has 2 aliphatic rings. The summed E-state index contributed by atoms with van der Waals surface area (Å²) in [4.78, 5) is 38.7. The van der Waals surface area contributed by atoms with Crippen LogP contribution < -0.4 is 20.6 Å². The second kappa shape index (κ2) is 13.4. The second-order valence-corrected chi connectivity index (χ2v) is 14.7. The zero-order valence-electron chi connectivity index (χ0n) is 28.1. The first-order valence-corrected chi connectivity index (χ1v) is 18.1. The topological polar surface area (TPSA) is 116 Å². The predicted molar refractivity (Wildman–Crippen MR) is 194 cm³/mol. The molecule has 7 rings (SSSR count). The Morgan fingerprint density at radius 3 is 2.50 bits per heavy atom. The first-order valence-electron chi connectivity index (χ1n) is 16.3. The lowest BCUT2D eigenvalue weighted by molar-refractivity contribution is -0.137. The van der Waals surface area contributed by atoms with Crippen molar-refractivity contribution in [3.05, 3.63) is 82.8 Å². The van der Waals surface area contributed by atoms with E-state index in [-0.39, 0.29) is 91.8 Å². The molecule has 16 heteroatoms. The Hall–Kier alpha value is -5.14. The zero-order chi connectivity index (χ0) is 37.1. The largest absolute Gasteiger partial charge is 0.488 e. The smallest absolute Gasteiger partial charge is 0.417 e. The number of thiophene rings is 1. The number of ether oxygens (including phenoxy) is 1. The van der Waals surface area contributed by atoms with Gasteiger partial charge in [0.25, 0.3) is 0 Å². The van der Waals surface area contributed by atoms with Crippen molar-refractivity contribution in [2.24, 2.45) is 0 Å². The van der Waals surface area contributed by atoms with Gasteiger partial charge < -0.3 is 19.9 Å². The highest BCUT2D eigenvalue weighted by Gasteiger charge is 2.41. The molecule has 1 N–H and O–H groups in total. The maximum Gasteiger partial charge on any atom is 0.417 e. The van der Waals surface area contributed by atoms with Crippen LogP contribution >= 0.6 is 23.1 Å². The van der Waals surface area contributed by atoms with Gasteiger partial charge in [-0.25, -0.2) is 9.18 Å². The average molecular weight is 750 g/mol. The van der Waals surface area contributed by atoms with Crippen molar-refractivity contribution in [2.75, 3.05) is 36.1 Å². The summed E-state index contributed by atoms with van der Waals surface area (Å²) in [5.74, 6) is -0.300. The Balaban J connectivity index is 1.54. The molecule has 268 valence electrons. The molecule has 5 aromatic rings. The highest BCUT2D eigenvalue weighted by molar-refractivity contribution is 7.99. The predicted octanol–water partition coefficient (Wildman–Crippen LogP) is 6.91. The Morgan fingerprint density at radius 2 is 1.87 bits per heavy atom. The van der Waals surface area contributed by atoms with Gasteiger partial charge in [-0.1, -0.05) is 12.6 Å². The summed E-state index contributed by atoms with van der Waals surface area (Å²) in [6.07, 6.45) is -1.30. The molecule has 1 unspecified atom stereocenters. The molecule has 0 saturated carbocycles. The van der Waals surface area contributed by atoms with Gasteiger partial charge in [-0.05, 0) is 49.8 Å². The van der Waals surface area contributed by atoms with Crippen LogP contribution in [-0.2, 0) is 17.5 Å². The van der Waals surface area contributed by atoms with E-state index in [0.717, 1.165) is 35.2 Å². The van der Waals surface area contributed by atoms with Crippen LogP contribution in [0.25, 0.3) is 32.1 Å². The standard InChI is InChI=1S/C36H31F4N7O3S2/c1-5-27(48)47-18(2)14-45(15-19(47)3)33-23-12-25(36(38,39)40)29(22-6-7-26(37)31-28(22)24(13-41)34(42-4)52-31)32-30(23)46(35(49)44-33)16-21(17-51-32)50-20-8-10-43-11-9-20/h5-12,18-19,21,42H,1,14-17H2,2-4H3/t18-,19+,21?. The molecule has 0 radical (unpaired) electrons. The van der Waals surface area contributed by atoms with Gasteiger partial charge >= 0.3 is 11.9 Å². The second-order valence-electron chi connectivity index (χ2n) is 12.6. The number of fused-ring (bicyclic) bond motifs is 1. The Morgan fingerprint density at radius 1 is 1.15 bits per heavy atom. The number of halogens is 4. The van der Waals surface area contributed by atoms with Crippen LogP contribution in [0.2, 0.25) is 0 Å². The van der Waals surface area contributed by atoms with E-state index in [0.29, 0.717) is 10.8 Å². The van der Waals surface area contributed by atoms with E-state index in [9.17, 15) is 14.9 Å². The molecule has 0 bridgehead atoms. The van der Waals surface area contributed by atoms with Crippen molar-refractivity contribution in [1.82, 2.24) is 19.4 Å². The molecule has 0 spiro atoms. The van der Waals surface area contributed by atoms with Gasteiger partial charge in [-0.2, -0.15) is 23.4 Å². The Kier molecular flexibility index (Phi) is 9.12. The number of aromatic nitrogens is 3. The summed E-state index contributed by atoms with van der Waals surface area (Å²) in [5.41, 5.74) is -1.76. The van der Waals surface area contributed by atoms with E-state index in [2.05, 4.69) is 27.9 Å². The van der Waals surface area contributed by atoms with E-state index in [1.807, 2.05) is 13.8 Å². The van der Waals surface area contributed by atoms with Crippen molar-refractivity contribution < 1.29 is 27.1 Å². The normalized spacial score (nSPS) is 19.0. The molecule has 1 amide bonds. The number of nitrogens with one attached hydrogen (secondary N) is 1. The summed E-state index contributed by atoms with van der Waals surface area (Å²) in [5, 5.41) is 13.5. The summed E-state index contributed by atoms with van der Waals surface area (Å²) in [6, 6.07) is 7.94. The van der Waals surface area contributed by atoms with E-state index in [1.54, 1.807) is 41.4 Å². The van der Waals surface area contributed by atoms with Crippen LogP contribution in [0.1, 0.15) is 25.0 Å². The lowest BCUT2D eigenvalue weighted by Crippen LogP contribution is -2.58. The van der Waals surface area contributed by atoms with Gasteiger partial charge in [0.05, 0.1) is 27.9 Å². The number of benzene rings is 2. The number of anilines is 2. The summed E-state index contributed by atoms with van der Waals surface area (Å²) in [7, 11) is 1.55. The fourth-order valence-electron chi connectivity index (χ4n) is 7.25. The number of thioether (sulfide) groups is 1. The number of amides is 1. The van der Waals surface area contributed by atoms with Gasteiger partial charge in [0.2, 0.25) is 5.91 Å². The van der Waals surface area contributed by atoms with E-state index in [4.69, 9.17) is 4.74 Å². The molecule has 2 aliphatic heterocycles. The van der Waals surface area contributed by atoms with Crippen LogP contribution in [-0.4, -0.2) is 69.4 Å². The van der Waals surface area contributed by atoms with Crippen molar-refractivity contribution in [3.8, 4) is 22.9 Å². The van der Waals surface area contributed by atoms with Crippen LogP contribution in [0, 0.1) is 17.1 Å². The molecule has 0 aliphatic carbocycles. The van der Waals surface area contributed by atoms with Gasteiger partial charge in [0, 0.05) is 71.6 Å². The van der Waals surface area contributed by atoms with Gasteiger partial charge in [0.1, 0.15) is 34.6 Å². The first-order chi connectivity index (χ1) is 24.9. The van der Waals surface area contributed by atoms with Crippen LogP contribution in [0.4, 0.5) is 28.4 Å². The minimum absolute atomic E-state index is 0.00656. The van der Waals surface area contributed by atoms with E-state index in [1.165, 1.54) is 16.7 Å². The van der Waals surface area contributed by atoms with Gasteiger partial charge in [-0.3, -0.25) is 14.3 Å². The number of rotatable bonds is 6. The Bertz CT molecular complexity index is 2340. The molecule has 3 atom stereocenters. The van der Waals surface area contributed by atoms with Crippen LogP contribution in [0.3, 0.4) is 0 Å². The third-order valence-corrected chi connectivity index (χ3v) is 11.7. The monoisotopic (exact) mass is 749 g/mol. The molecule has 3 aromatic heterocycles. The van der Waals surface area contributed by atoms with Crippen molar-refractivity contribution in [3.63, 3.8) is 0 Å². The van der Waals surface area contributed by atoms with E-state index >= 15 is 17.6 Å². The average Bonchev–Trinajstić information content (AvgIpc) is 3.40. The lowest BCUT2D eigenvalue weighted by atomic mass is 9.92. The molecule has 2 aromatic carbocycles. The molecule has 10 nitrogen and oxygen atoms in total. The highest BCUT2D eigenvalue weighted by atomic mass is 32.2. The van der Waals surface area contributed by atoms with Crippen LogP contribution in [0.5, 0.6) is 5.75 Å². The summed E-state index contributed by atoms with van der Waals surface area (Å²) in [6.45, 7) is 7.58. The van der Waals surface area contributed by atoms with Crippen LogP contribution in [0.15, 0.2) is 65.1 Å². The molecule has 1 saturated heterocycles. The zero-order valence-corrected chi connectivity index (χ0v) is 29.8. The third kappa shape index (κ3) is 5.91. The number of carbonyl (C=O) groups is 1. The third-order valence-electron chi connectivity index (χ3n) is 9.30. The highest BCUT2D eigenvalue weighted by Crippen LogP contribution is 2.52. The maximum absolute atomic E-state index is 15.5. The quantitative estimate of drug-likeness (QED) is 0.146. The number of nitrogens with zero attached hydrogens (tertiary/aromatic N) is 6. The first kappa shape index (κ1) is 35.3. The number of piperazine rings is 1. The van der Waals surface area contributed by atoms with Gasteiger partial charge in [0.15, 0.2) is 0 Å². The van der Waals surface area contributed by atoms with E-state index < -0.39 is 29.4 Å². The number of carbonyl (C=O) groups excluding carboxylic acids is 1. The van der Waals surface area contributed by atoms with Gasteiger partial charge in [-0.15, -0.1) is 23.1 Å². The van der Waals surface area contributed by atoms with Crippen molar-refractivity contribution >= 4 is 60.8 Å². The molecular weight excluding hydrogens is 719 g/mol. The number of hydrogen-bond acceptors (Lipinski definition) is 10. The number of nitriles is 1. The minimum atomic E-state index is -4.93. The lowest BCUT2D eigenvalue weighted by Gasteiger charge is -2.44. The number of alkyl halides is 3. The van der Waals surface area contributed by atoms with Crippen molar-refractivity contribution in [2.45, 2.75) is 49.7 Å². The Labute approximate surface area is 303 Å². The fourth-order valence-corrected chi connectivity index (χ4v) is 9.53. The molecule has 52 heavy (non-hydrogen) atoms. The van der Waals surface area contributed by atoms with Crippen molar-refractivity contribution in [1.29, 1.82) is 5.26 Å². The molecule has 5 heterocycles. The number of hydrogen-bond donors (Lipinski definition) is 1.